The molecule has 0 spiro atoms. The third-order valence-corrected chi connectivity index (χ3v) is 2.59. The molecule has 6 heteroatoms. The molecule has 0 saturated heterocycles. The molecule has 0 radical (unpaired) electrons. The van der Waals surface area contributed by atoms with Crippen LogP contribution < -0.4 is 4.74 Å². The lowest BCUT2D eigenvalue weighted by molar-refractivity contribution is -0.384. The van der Waals surface area contributed by atoms with E-state index in [-0.39, 0.29) is 5.69 Å². The highest BCUT2D eigenvalue weighted by atomic mass is 32.1. The lowest BCUT2D eigenvalue weighted by atomic mass is 10.3. The van der Waals surface area contributed by atoms with Crippen molar-refractivity contribution >= 4 is 27.2 Å². The van der Waals surface area contributed by atoms with Gasteiger partial charge in [-0.3, -0.25) is 10.1 Å². The van der Waals surface area contributed by atoms with Crippen LogP contribution in [0.5, 0.6) is 5.75 Å². The zero-order valence-corrected chi connectivity index (χ0v) is 8.08. The van der Waals surface area contributed by atoms with Crippen LogP contribution in [0.4, 0.5) is 5.69 Å². The number of thiazole rings is 1. The van der Waals surface area contributed by atoms with Crippen LogP contribution >= 0.6 is 11.3 Å². The van der Waals surface area contributed by atoms with Gasteiger partial charge in [0.1, 0.15) is 5.52 Å². The molecule has 14 heavy (non-hydrogen) atoms. The molecule has 0 saturated carbocycles. The van der Waals surface area contributed by atoms with E-state index in [1.807, 2.05) is 0 Å². The second-order valence-electron chi connectivity index (χ2n) is 2.60. The molecule has 0 fully saturated rings. The van der Waals surface area contributed by atoms with Gasteiger partial charge in [-0.1, -0.05) is 0 Å². The Morgan fingerprint density at radius 3 is 3.00 bits per heavy atom. The number of rotatable bonds is 2. The summed E-state index contributed by atoms with van der Waals surface area (Å²) in [7, 11) is 1.47. The Kier molecular flexibility index (Phi) is 2.05. The number of nitrogens with zero attached hydrogens (tertiary/aromatic N) is 2. The van der Waals surface area contributed by atoms with Crippen LogP contribution in [-0.2, 0) is 0 Å². The monoisotopic (exact) mass is 210 g/mol. The quantitative estimate of drug-likeness (QED) is 0.563. The number of hydrogen-bond donors (Lipinski definition) is 0. The molecule has 0 aliphatic heterocycles. The van der Waals surface area contributed by atoms with Crippen molar-refractivity contribution < 1.29 is 9.66 Å². The largest absolute Gasteiger partial charge is 0.494 e. The number of methoxy groups -OCH3 is 1. The SMILES string of the molecule is COc1cc([N+](=O)[O-])cc2scnc12. The normalized spacial score (nSPS) is 10.4. The molecule has 0 N–H and O–H groups in total. The Balaban J connectivity index is 2.73. The highest BCUT2D eigenvalue weighted by molar-refractivity contribution is 7.16. The summed E-state index contributed by atoms with van der Waals surface area (Å²) >= 11 is 1.35. The Morgan fingerprint density at radius 1 is 1.57 bits per heavy atom. The minimum Gasteiger partial charge on any atom is -0.494 e. The topological polar surface area (TPSA) is 65.3 Å². The molecule has 1 aromatic carbocycles. The molecule has 0 aliphatic carbocycles. The van der Waals surface area contributed by atoms with Gasteiger partial charge in [0.15, 0.2) is 5.75 Å². The minimum atomic E-state index is -0.443. The van der Waals surface area contributed by atoms with Gasteiger partial charge < -0.3 is 4.74 Å². The zero-order chi connectivity index (χ0) is 10.1. The van der Waals surface area contributed by atoms with Gasteiger partial charge in [-0.15, -0.1) is 11.3 Å². The Hall–Kier alpha value is -1.69. The summed E-state index contributed by atoms with van der Waals surface area (Å²) in [5, 5.41) is 10.6. The van der Waals surface area contributed by atoms with Gasteiger partial charge in [0.05, 0.1) is 28.3 Å². The van der Waals surface area contributed by atoms with E-state index in [9.17, 15) is 10.1 Å². The van der Waals surface area contributed by atoms with Crippen LogP contribution in [0.15, 0.2) is 17.6 Å². The molecule has 0 bridgehead atoms. The van der Waals surface area contributed by atoms with Crippen molar-refractivity contribution in [2.75, 3.05) is 7.11 Å². The predicted octanol–water partition coefficient (Wildman–Crippen LogP) is 2.21. The van der Waals surface area contributed by atoms with Crippen LogP contribution in [0.2, 0.25) is 0 Å². The predicted molar refractivity (Wildman–Crippen MR) is 52.8 cm³/mol. The van der Waals surface area contributed by atoms with Gasteiger partial charge >= 0.3 is 0 Å². The molecule has 0 amide bonds. The van der Waals surface area contributed by atoms with Gasteiger partial charge in [0, 0.05) is 6.07 Å². The first-order valence-corrected chi connectivity index (χ1v) is 4.66. The number of nitro groups is 1. The Labute approximate surface area is 83.1 Å². The fraction of sp³-hybridized carbons (Fsp3) is 0.125. The minimum absolute atomic E-state index is 0.0265. The number of nitro benzene ring substituents is 1. The average Bonchev–Trinajstić information content (AvgIpc) is 2.63. The molecule has 1 aromatic heterocycles. The average molecular weight is 210 g/mol. The van der Waals surface area contributed by atoms with E-state index in [0.29, 0.717) is 11.3 Å². The number of non-ortho nitro benzene ring substituents is 1. The van der Waals surface area contributed by atoms with Crippen molar-refractivity contribution in [3.63, 3.8) is 0 Å². The molecule has 0 atom stereocenters. The molecule has 5 nitrogen and oxygen atoms in total. The third-order valence-electron chi connectivity index (χ3n) is 1.82. The van der Waals surface area contributed by atoms with Crippen molar-refractivity contribution in [3.05, 3.63) is 27.8 Å². The maximum atomic E-state index is 10.6. The third kappa shape index (κ3) is 1.29. The summed E-state index contributed by atoms with van der Waals surface area (Å²) in [6.07, 6.45) is 0. The molecular formula is C8H6N2O3S. The van der Waals surface area contributed by atoms with Crippen LogP contribution in [0.25, 0.3) is 10.2 Å². The molecule has 2 aromatic rings. The summed E-state index contributed by atoms with van der Waals surface area (Å²) in [5.41, 5.74) is 2.33. The fourth-order valence-electron chi connectivity index (χ4n) is 1.18. The van der Waals surface area contributed by atoms with Crippen LogP contribution in [0.3, 0.4) is 0 Å². The number of ether oxygens (including phenoxy) is 1. The molecule has 1 heterocycles. The maximum absolute atomic E-state index is 10.6. The van der Waals surface area contributed by atoms with E-state index in [0.717, 1.165) is 4.70 Å². The van der Waals surface area contributed by atoms with Crippen molar-refractivity contribution in [1.82, 2.24) is 4.98 Å². The highest BCUT2D eigenvalue weighted by Crippen LogP contribution is 2.31. The first kappa shape index (κ1) is 8.89. The fourth-order valence-corrected chi connectivity index (χ4v) is 1.91. The summed E-state index contributed by atoms with van der Waals surface area (Å²) < 4.78 is 5.78. The molecular weight excluding hydrogens is 204 g/mol. The van der Waals surface area contributed by atoms with E-state index in [1.165, 1.54) is 30.6 Å². The summed E-state index contributed by atoms with van der Waals surface area (Å²) in [4.78, 5) is 14.2. The van der Waals surface area contributed by atoms with Gasteiger partial charge in [0.2, 0.25) is 0 Å². The van der Waals surface area contributed by atoms with Crippen molar-refractivity contribution in [2.24, 2.45) is 0 Å². The maximum Gasteiger partial charge on any atom is 0.274 e. The van der Waals surface area contributed by atoms with E-state index in [4.69, 9.17) is 4.74 Å². The highest BCUT2D eigenvalue weighted by Gasteiger charge is 2.13. The van der Waals surface area contributed by atoms with E-state index < -0.39 is 4.92 Å². The second kappa shape index (κ2) is 3.22. The number of fused-ring (bicyclic) bond motifs is 1. The number of aromatic nitrogens is 1. The van der Waals surface area contributed by atoms with Crippen molar-refractivity contribution in [1.29, 1.82) is 0 Å². The van der Waals surface area contributed by atoms with Crippen LogP contribution in [-0.4, -0.2) is 17.0 Å². The lowest BCUT2D eigenvalue weighted by Gasteiger charge is -1.99. The Bertz CT molecular complexity index is 494. The second-order valence-corrected chi connectivity index (χ2v) is 3.49. The zero-order valence-electron chi connectivity index (χ0n) is 7.26. The number of benzene rings is 1. The van der Waals surface area contributed by atoms with E-state index in [2.05, 4.69) is 4.98 Å². The van der Waals surface area contributed by atoms with Gasteiger partial charge in [0.25, 0.3) is 5.69 Å². The van der Waals surface area contributed by atoms with E-state index in [1.54, 1.807) is 5.51 Å². The van der Waals surface area contributed by atoms with Gasteiger partial charge in [-0.25, -0.2) is 4.98 Å². The summed E-state index contributed by atoms with van der Waals surface area (Å²) in [5.74, 6) is 0.440. The first-order chi connectivity index (χ1) is 6.72. The van der Waals surface area contributed by atoms with Crippen molar-refractivity contribution in [3.8, 4) is 5.75 Å². The first-order valence-electron chi connectivity index (χ1n) is 3.78. The van der Waals surface area contributed by atoms with Gasteiger partial charge in [-0.2, -0.15) is 0 Å². The summed E-state index contributed by atoms with van der Waals surface area (Å²) in [6, 6.07) is 2.87. The standard InChI is InChI=1S/C8H6N2O3S/c1-13-6-2-5(10(11)12)3-7-8(6)9-4-14-7/h2-4H,1H3. The summed E-state index contributed by atoms with van der Waals surface area (Å²) in [6.45, 7) is 0. The van der Waals surface area contributed by atoms with Gasteiger partial charge in [-0.05, 0) is 0 Å². The molecule has 0 unspecified atom stereocenters. The van der Waals surface area contributed by atoms with Crippen molar-refractivity contribution in [2.45, 2.75) is 0 Å². The van der Waals surface area contributed by atoms with E-state index >= 15 is 0 Å². The lowest BCUT2D eigenvalue weighted by Crippen LogP contribution is -1.90. The molecule has 2 rings (SSSR count). The molecule has 0 aliphatic rings. The number of hydrogen-bond acceptors (Lipinski definition) is 5. The van der Waals surface area contributed by atoms with Crippen LogP contribution in [0, 0.1) is 10.1 Å². The smallest absolute Gasteiger partial charge is 0.274 e. The molecule has 72 valence electrons. The Morgan fingerprint density at radius 2 is 2.36 bits per heavy atom. The van der Waals surface area contributed by atoms with Crippen LogP contribution in [0.1, 0.15) is 0 Å².